The number of hydrogen-bond acceptors (Lipinski definition) is 5. The van der Waals surface area contributed by atoms with E-state index in [-0.39, 0.29) is 6.04 Å². The molecule has 0 bridgehead atoms. The highest BCUT2D eigenvalue weighted by Gasteiger charge is 2.29. The standard InChI is InChI=1S/C20H26N4O2/c1-14-21-11-17(13-23(2)3)19(22-14)18-5-4-10-24(18)12-15-6-8-16(9-7-15)20(25)26/h6-9,11,18H,4-5,10,12-13H2,1-3H3,(H,25,26). The van der Waals surface area contributed by atoms with E-state index in [1.165, 1.54) is 5.56 Å². The monoisotopic (exact) mass is 354 g/mol. The fraction of sp³-hybridized carbons (Fsp3) is 0.450. The van der Waals surface area contributed by atoms with Gasteiger partial charge in [-0.15, -0.1) is 0 Å². The molecule has 1 aliphatic rings. The third kappa shape index (κ3) is 4.26. The Labute approximate surface area is 154 Å². The maximum Gasteiger partial charge on any atom is 0.335 e. The summed E-state index contributed by atoms with van der Waals surface area (Å²) in [4.78, 5) is 24.8. The number of carboxylic acid groups (broad SMARTS) is 1. The van der Waals surface area contributed by atoms with Crippen LogP contribution >= 0.6 is 0 Å². The molecule has 26 heavy (non-hydrogen) atoms. The lowest BCUT2D eigenvalue weighted by atomic mass is 10.0. The van der Waals surface area contributed by atoms with Crippen molar-refractivity contribution < 1.29 is 9.90 Å². The van der Waals surface area contributed by atoms with E-state index in [1.54, 1.807) is 12.1 Å². The summed E-state index contributed by atoms with van der Waals surface area (Å²) in [6, 6.07) is 7.45. The average molecular weight is 354 g/mol. The Balaban J connectivity index is 1.82. The van der Waals surface area contributed by atoms with Gasteiger partial charge in [0.2, 0.25) is 0 Å². The first-order valence-corrected chi connectivity index (χ1v) is 8.97. The highest BCUT2D eigenvalue weighted by Crippen LogP contribution is 2.34. The smallest absolute Gasteiger partial charge is 0.335 e. The highest BCUT2D eigenvalue weighted by molar-refractivity contribution is 5.87. The van der Waals surface area contributed by atoms with Crippen LogP contribution in [-0.2, 0) is 13.1 Å². The van der Waals surface area contributed by atoms with Gasteiger partial charge in [0.25, 0.3) is 0 Å². The normalized spacial score (nSPS) is 17.8. The zero-order valence-electron chi connectivity index (χ0n) is 15.6. The summed E-state index contributed by atoms with van der Waals surface area (Å²) in [5.74, 6) is -0.0828. The fourth-order valence-electron chi connectivity index (χ4n) is 3.58. The Morgan fingerprint density at radius 2 is 2.04 bits per heavy atom. The number of carboxylic acids is 1. The van der Waals surface area contributed by atoms with Gasteiger partial charge in [-0.1, -0.05) is 12.1 Å². The third-order valence-corrected chi connectivity index (χ3v) is 4.77. The van der Waals surface area contributed by atoms with Crippen molar-refractivity contribution in [3.05, 3.63) is 58.7 Å². The topological polar surface area (TPSA) is 69.6 Å². The molecule has 1 aromatic carbocycles. The van der Waals surface area contributed by atoms with Crippen molar-refractivity contribution in [3.8, 4) is 0 Å². The molecule has 0 amide bonds. The number of aromatic carboxylic acids is 1. The van der Waals surface area contributed by atoms with Gasteiger partial charge in [0.15, 0.2) is 0 Å². The molecule has 1 fully saturated rings. The molecule has 3 rings (SSSR count). The first kappa shape index (κ1) is 18.5. The minimum absolute atomic E-state index is 0.283. The summed E-state index contributed by atoms with van der Waals surface area (Å²) in [5, 5.41) is 9.05. The summed E-state index contributed by atoms with van der Waals surface area (Å²) in [6.07, 6.45) is 4.18. The largest absolute Gasteiger partial charge is 0.478 e. The summed E-state index contributed by atoms with van der Waals surface area (Å²) < 4.78 is 0. The van der Waals surface area contributed by atoms with Gasteiger partial charge < -0.3 is 10.0 Å². The van der Waals surface area contributed by atoms with Gasteiger partial charge in [0, 0.05) is 24.8 Å². The van der Waals surface area contributed by atoms with E-state index in [1.807, 2.05) is 25.3 Å². The lowest BCUT2D eigenvalue weighted by Gasteiger charge is -2.26. The number of benzene rings is 1. The van der Waals surface area contributed by atoms with Crippen molar-refractivity contribution in [1.82, 2.24) is 19.8 Å². The van der Waals surface area contributed by atoms with Crippen molar-refractivity contribution in [2.75, 3.05) is 20.6 Å². The Morgan fingerprint density at radius 1 is 1.31 bits per heavy atom. The number of hydrogen-bond donors (Lipinski definition) is 1. The highest BCUT2D eigenvalue weighted by atomic mass is 16.4. The average Bonchev–Trinajstić information content (AvgIpc) is 3.04. The molecule has 6 heteroatoms. The summed E-state index contributed by atoms with van der Waals surface area (Å²) in [5.41, 5.74) is 3.76. The molecule has 1 saturated heterocycles. The molecule has 1 unspecified atom stereocenters. The fourth-order valence-corrected chi connectivity index (χ4v) is 3.58. The van der Waals surface area contributed by atoms with Crippen molar-refractivity contribution in [1.29, 1.82) is 0 Å². The predicted molar refractivity (Wildman–Crippen MR) is 99.9 cm³/mol. The molecule has 1 atom stereocenters. The number of rotatable bonds is 6. The van der Waals surface area contributed by atoms with Crippen molar-refractivity contribution >= 4 is 5.97 Å². The molecule has 0 radical (unpaired) electrons. The van der Waals surface area contributed by atoms with Gasteiger partial charge in [0.05, 0.1) is 17.3 Å². The number of aryl methyl sites for hydroxylation is 1. The van der Waals surface area contributed by atoms with Crippen molar-refractivity contribution in [2.24, 2.45) is 0 Å². The van der Waals surface area contributed by atoms with Crippen LogP contribution in [-0.4, -0.2) is 51.5 Å². The van der Waals surface area contributed by atoms with E-state index >= 15 is 0 Å². The van der Waals surface area contributed by atoms with Crippen LogP contribution in [0.3, 0.4) is 0 Å². The minimum Gasteiger partial charge on any atom is -0.478 e. The van der Waals surface area contributed by atoms with E-state index in [4.69, 9.17) is 10.1 Å². The van der Waals surface area contributed by atoms with E-state index < -0.39 is 5.97 Å². The Kier molecular flexibility index (Phi) is 5.64. The molecule has 1 aliphatic heterocycles. The van der Waals surface area contributed by atoms with Crippen LogP contribution in [0.5, 0.6) is 0 Å². The Bertz CT molecular complexity index is 774. The number of aromatic nitrogens is 2. The molecule has 1 N–H and O–H groups in total. The molecule has 138 valence electrons. The second kappa shape index (κ2) is 7.93. The minimum atomic E-state index is -0.889. The first-order chi connectivity index (χ1) is 12.4. The summed E-state index contributed by atoms with van der Waals surface area (Å²) >= 11 is 0. The number of likely N-dealkylation sites (tertiary alicyclic amines) is 1. The second-order valence-electron chi connectivity index (χ2n) is 7.20. The van der Waals surface area contributed by atoms with E-state index in [2.05, 4.69) is 28.9 Å². The van der Waals surface area contributed by atoms with Gasteiger partial charge >= 0.3 is 5.97 Å². The lowest BCUT2D eigenvalue weighted by molar-refractivity contribution is 0.0697. The van der Waals surface area contributed by atoms with E-state index in [0.29, 0.717) is 5.56 Å². The zero-order chi connectivity index (χ0) is 18.7. The Morgan fingerprint density at radius 3 is 2.69 bits per heavy atom. The van der Waals surface area contributed by atoms with Gasteiger partial charge in [-0.25, -0.2) is 14.8 Å². The van der Waals surface area contributed by atoms with Crippen LogP contribution in [0.15, 0.2) is 30.5 Å². The number of nitrogens with zero attached hydrogens (tertiary/aromatic N) is 4. The SMILES string of the molecule is Cc1ncc(CN(C)C)c(C2CCCN2Cc2ccc(C(=O)O)cc2)n1. The third-order valence-electron chi connectivity index (χ3n) is 4.77. The van der Waals surface area contributed by atoms with E-state index in [0.717, 1.165) is 49.6 Å². The zero-order valence-corrected chi connectivity index (χ0v) is 15.6. The van der Waals surface area contributed by atoms with Gasteiger partial charge in [-0.05, 0) is 58.1 Å². The van der Waals surface area contributed by atoms with Crippen molar-refractivity contribution in [2.45, 2.75) is 38.9 Å². The molecular weight excluding hydrogens is 328 g/mol. The molecule has 2 heterocycles. The quantitative estimate of drug-likeness (QED) is 0.860. The summed E-state index contributed by atoms with van der Waals surface area (Å²) in [7, 11) is 4.11. The Hall–Kier alpha value is -2.31. The lowest BCUT2D eigenvalue weighted by Crippen LogP contribution is -2.26. The van der Waals surface area contributed by atoms with Gasteiger partial charge in [-0.2, -0.15) is 0 Å². The predicted octanol–water partition coefficient (Wildman–Crippen LogP) is 2.88. The molecule has 6 nitrogen and oxygen atoms in total. The van der Waals surface area contributed by atoms with Crippen LogP contribution < -0.4 is 0 Å². The van der Waals surface area contributed by atoms with Gasteiger partial charge in [0.1, 0.15) is 5.82 Å². The number of carbonyl (C=O) groups is 1. The van der Waals surface area contributed by atoms with Gasteiger partial charge in [-0.3, -0.25) is 4.90 Å². The maximum atomic E-state index is 11.0. The molecule has 0 aliphatic carbocycles. The molecular formula is C20H26N4O2. The molecule has 0 saturated carbocycles. The molecule has 1 aromatic heterocycles. The molecule has 2 aromatic rings. The maximum absolute atomic E-state index is 11.0. The van der Waals surface area contributed by atoms with Crippen LogP contribution in [0, 0.1) is 6.92 Å². The van der Waals surface area contributed by atoms with E-state index in [9.17, 15) is 4.79 Å². The van der Waals surface area contributed by atoms with Crippen LogP contribution in [0.4, 0.5) is 0 Å². The van der Waals surface area contributed by atoms with Crippen LogP contribution in [0.2, 0.25) is 0 Å². The van der Waals surface area contributed by atoms with Crippen molar-refractivity contribution in [3.63, 3.8) is 0 Å². The molecule has 0 spiro atoms. The summed E-state index contributed by atoms with van der Waals surface area (Å²) in [6.45, 7) is 4.59. The second-order valence-corrected chi connectivity index (χ2v) is 7.20. The van der Waals surface area contributed by atoms with Crippen LogP contribution in [0.25, 0.3) is 0 Å². The van der Waals surface area contributed by atoms with Crippen LogP contribution in [0.1, 0.15) is 51.9 Å². The first-order valence-electron chi connectivity index (χ1n) is 8.97.